The number of rotatable bonds is 3. The van der Waals surface area contributed by atoms with Crippen LogP contribution < -0.4 is 4.84 Å². The molecule has 0 heterocycles. The lowest BCUT2D eigenvalue weighted by molar-refractivity contribution is -0.137. The Balaban J connectivity index is 2.31. The van der Waals surface area contributed by atoms with Crippen LogP contribution in [-0.2, 0) is 6.18 Å². The highest BCUT2D eigenvalue weighted by atomic mass is 19.4. The number of aryl methyl sites for hydroxylation is 1. The lowest BCUT2D eigenvalue weighted by Crippen LogP contribution is -2.12. The van der Waals surface area contributed by atoms with Crippen LogP contribution in [0, 0.1) is 6.92 Å². The number of para-hydroxylation sites is 1. The molecule has 0 saturated heterocycles. The third-order valence-electron chi connectivity index (χ3n) is 3.00. The second kappa shape index (κ2) is 5.99. The molecule has 0 spiro atoms. The Kier molecular flexibility index (Phi) is 4.31. The lowest BCUT2D eigenvalue weighted by atomic mass is 10.0. The van der Waals surface area contributed by atoms with Gasteiger partial charge in [-0.25, -0.2) is 0 Å². The van der Waals surface area contributed by atoms with Gasteiger partial charge in [-0.2, -0.15) is 13.2 Å². The largest absolute Gasteiger partial charge is 0.417 e. The maximum Gasteiger partial charge on any atom is 0.417 e. The van der Waals surface area contributed by atoms with Gasteiger partial charge in [0.2, 0.25) is 0 Å². The van der Waals surface area contributed by atoms with Crippen LogP contribution in [0.1, 0.15) is 23.6 Å². The first-order valence-electron chi connectivity index (χ1n) is 6.33. The number of hydrogen-bond acceptors (Lipinski definition) is 2. The van der Waals surface area contributed by atoms with Crippen molar-refractivity contribution < 1.29 is 18.0 Å². The minimum Gasteiger partial charge on any atom is -0.356 e. The lowest BCUT2D eigenvalue weighted by Gasteiger charge is -2.12. The average Bonchev–Trinajstić information content (AvgIpc) is 2.45. The summed E-state index contributed by atoms with van der Waals surface area (Å²) in [7, 11) is 0. The predicted molar refractivity (Wildman–Crippen MR) is 75.5 cm³/mol. The van der Waals surface area contributed by atoms with E-state index in [-0.39, 0.29) is 11.3 Å². The van der Waals surface area contributed by atoms with Crippen LogP contribution in [0.5, 0.6) is 5.75 Å². The molecule has 2 rings (SSSR count). The quantitative estimate of drug-likeness (QED) is 0.587. The van der Waals surface area contributed by atoms with Gasteiger partial charge in [0.15, 0.2) is 5.75 Å². The van der Waals surface area contributed by atoms with E-state index in [0.29, 0.717) is 5.75 Å². The van der Waals surface area contributed by atoms with E-state index < -0.39 is 11.7 Å². The first kappa shape index (κ1) is 15.1. The van der Waals surface area contributed by atoms with Crippen molar-refractivity contribution >= 4 is 5.71 Å². The molecule has 0 bridgehead atoms. The first-order valence-corrected chi connectivity index (χ1v) is 6.33. The molecule has 0 fully saturated rings. The van der Waals surface area contributed by atoms with E-state index in [4.69, 9.17) is 4.84 Å². The zero-order chi connectivity index (χ0) is 15.5. The molecule has 21 heavy (non-hydrogen) atoms. The van der Waals surface area contributed by atoms with Gasteiger partial charge in [-0.3, -0.25) is 0 Å². The van der Waals surface area contributed by atoms with Gasteiger partial charge >= 0.3 is 6.18 Å². The van der Waals surface area contributed by atoms with Crippen molar-refractivity contribution in [2.45, 2.75) is 20.0 Å². The van der Waals surface area contributed by atoms with Gasteiger partial charge in [0.1, 0.15) is 0 Å². The smallest absolute Gasteiger partial charge is 0.356 e. The van der Waals surface area contributed by atoms with E-state index in [9.17, 15) is 13.2 Å². The SMILES string of the molecule is C/C(=N/Oc1ccccc1C)c1ccccc1C(F)(F)F. The number of nitrogens with zero attached hydrogens (tertiary/aromatic N) is 1. The molecule has 0 aromatic heterocycles. The highest BCUT2D eigenvalue weighted by Crippen LogP contribution is 2.32. The van der Waals surface area contributed by atoms with Crippen LogP contribution in [0.25, 0.3) is 0 Å². The molecular weight excluding hydrogens is 279 g/mol. The van der Waals surface area contributed by atoms with Crippen LogP contribution in [0.15, 0.2) is 53.7 Å². The molecule has 5 heteroatoms. The molecule has 0 aliphatic rings. The van der Waals surface area contributed by atoms with Crippen molar-refractivity contribution in [3.8, 4) is 5.75 Å². The molecule has 110 valence electrons. The monoisotopic (exact) mass is 293 g/mol. The molecule has 2 aromatic rings. The number of halogens is 3. The molecule has 0 aliphatic heterocycles. The van der Waals surface area contributed by atoms with Crippen molar-refractivity contribution in [2.75, 3.05) is 0 Å². The topological polar surface area (TPSA) is 21.6 Å². The number of alkyl halides is 3. The van der Waals surface area contributed by atoms with Crippen molar-refractivity contribution in [1.29, 1.82) is 0 Å². The van der Waals surface area contributed by atoms with Gasteiger partial charge in [0, 0.05) is 5.56 Å². The predicted octanol–water partition coefficient (Wildman–Crippen LogP) is 4.82. The number of oxime groups is 1. The third-order valence-corrected chi connectivity index (χ3v) is 3.00. The summed E-state index contributed by atoms with van der Waals surface area (Å²) in [6.07, 6.45) is -4.42. The minimum absolute atomic E-state index is 0.0126. The third kappa shape index (κ3) is 3.62. The van der Waals surface area contributed by atoms with Crippen molar-refractivity contribution in [1.82, 2.24) is 0 Å². The molecule has 0 aliphatic carbocycles. The molecule has 0 unspecified atom stereocenters. The van der Waals surface area contributed by atoms with Crippen LogP contribution in [0.3, 0.4) is 0 Å². The zero-order valence-electron chi connectivity index (χ0n) is 11.6. The molecule has 2 nitrogen and oxygen atoms in total. The summed E-state index contributed by atoms with van der Waals surface area (Å²) in [4.78, 5) is 5.24. The van der Waals surface area contributed by atoms with Crippen LogP contribution >= 0.6 is 0 Å². The van der Waals surface area contributed by atoms with E-state index >= 15 is 0 Å². The molecule has 0 N–H and O–H groups in total. The number of hydrogen-bond donors (Lipinski definition) is 0. The molecule has 0 amide bonds. The van der Waals surface area contributed by atoms with E-state index in [1.807, 2.05) is 19.1 Å². The molecule has 0 atom stereocenters. The van der Waals surface area contributed by atoms with Gasteiger partial charge in [-0.15, -0.1) is 0 Å². The summed E-state index contributed by atoms with van der Waals surface area (Å²) in [5.74, 6) is 0.515. The van der Waals surface area contributed by atoms with Gasteiger partial charge in [0.05, 0.1) is 11.3 Å². The Hall–Kier alpha value is -2.30. The van der Waals surface area contributed by atoms with E-state index in [1.54, 1.807) is 12.1 Å². The summed E-state index contributed by atoms with van der Waals surface area (Å²) in [5, 5.41) is 3.82. The van der Waals surface area contributed by atoms with E-state index in [0.717, 1.165) is 11.6 Å². The van der Waals surface area contributed by atoms with E-state index in [1.165, 1.54) is 25.1 Å². The Morgan fingerprint density at radius 2 is 1.62 bits per heavy atom. The van der Waals surface area contributed by atoms with Gasteiger partial charge in [-0.05, 0) is 31.5 Å². The Morgan fingerprint density at radius 1 is 1.00 bits per heavy atom. The van der Waals surface area contributed by atoms with Crippen LogP contribution in [0.4, 0.5) is 13.2 Å². The Morgan fingerprint density at radius 3 is 2.29 bits per heavy atom. The highest BCUT2D eigenvalue weighted by Gasteiger charge is 2.33. The summed E-state index contributed by atoms with van der Waals surface area (Å²) in [5.41, 5.74) is 0.322. The van der Waals surface area contributed by atoms with Crippen molar-refractivity contribution in [2.24, 2.45) is 5.16 Å². The first-order chi connectivity index (χ1) is 9.89. The Labute approximate surface area is 120 Å². The molecular formula is C16H14F3NO. The van der Waals surface area contributed by atoms with Gasteiger partial charge < -0.3 is 4.84 Å². The van der Waals surface area contributed by atoms with Crippen LogP contribution in [-0.4, -0.2) is 5.71 Å². The summed E-state index contributed by atoms with van der Waals surface area (Å²) >= 11 is 0. The second-order valence-corrected chi connectivity index (χ2v) is 4.58. The van der Waals surface area contributed by atoms with Crippen LogP contribution in [0.2, 0.25) is 0 Å². The maximum absolute atomic E-state index is 12.9. The summed E-state index contributed by atoms with van der Waals surface area (Å²) < 4.78 is 38.8. The normalized spacial score (nSPS) is 12.3. The minimum atomic E-state index is -4.42. The number of benzene rings is 2. The molecule has 2 aromatic carbocycles. The van der Waals surface area contributed by atoms with Crippen molar-refractivity contribution in [3.63, 3.8) is 0 Å². The zero-order valence-corrected chi connectivity index (χ0v) is 11.6. The fraction of sp³-hybridized carbons (Fsp3) is 0.188. The summed E-state index contributed by atoms with van der Waals surface area (Å²) in [6.45, 7) is 3.33. The highest BCUT2D eigenvalue weighted by molar-refractivity contribution is 5.99. The Bertz CT molecular complexity index is 663. The van der Waals surface area contributed by atoms with Crippen molar-refractivity contribution in [3.05, 3.63) is 65.2 Å². The second-order valence-electron chi connectivity index (χ2n) is 4.58. The standard InChI is InChI=1S/C16H14F3NO/c1-11-7-3-6-10-15(11)21-20-12(2)13-8-4-5-9-14(13)16(17,18)19/h3-10H,1-2H3/b20-12-. The average molecular weight is 293 g/mol. The summed E-state index contributed by atoms with van der Waals surface area (Å²) in [6, 6.07) is 12.5. The molecule has 0 saturated carbocycles. The van der Waals surface area contributed by atoms with Gasteiger partial charge in [-0.1, -0.05) is 41.6 Å². The molecule has 0 radical (unpaired) electrons. The fourth-order valence-electron chi connectivity index (χ4n) is 1.87. The van der Waals surface area contributed by atoms with Gasteiger partial charge in [0.25, 0.3) is 0 Å². The maximum atomic E-state index is 12.9. The van der Waals surface area contributed by atoms with E-state index in [2.05, 4.69) is 5.16 Å². The fourth-order valence-corrected chi connectivity index (χ4v) is 1.87.